The number of benzene rings is 1. The van der Waals surface area contributed by atoms with Crippen LogP contribution in [-0.4, -0.2) is 44.6 Å². The molecule has 7 heteroatoms. The highest BCUT2D eigenvalue weighted by Gasteiger charge is 2.12. The molecule has 0 aliphatic heterocycles. The summed E-state index contributed by atoms with van der Waals surface area (Å²) in [5.74, 6) is -0.434. The summed E-state index contributed by atoms with van der Waals surface area (Å²) < 4.78 is 16.8. The van der Waals surface area contributed by atoms with Crippen molar-refractivity contribution < 1.29 is 24.1 Å². The van der Waals surface area contributed by atoms with Crippen LogP contribution in [-0.2, 0) is 9.47 Å². The second kappa shape index (κ2) is 8.52. The zero-order valence-corrected chi connectivity index (χ0v) is 13.5. The molecule has 0 fully saturated rings. The van der Waals surface area contributed by atoms with Crippen LogP contribution in [0.5, 0.6) is 5.75 Å². The van der Waals surface area contributed by atoms with E-state index in [0.29, 0.717) is 41.1 Å². The van der Waals surface area contributed by atoms with E-state index < -0.39 is 5.97 Å². The van der Waals surface area contributed by atoms with Gasteiger partial charge in [-0.15, -0.1) is 0 Å². The van der Waals surface area contributed by atoms with Crippen molar-refractivity contribution in [1.29, 1.82) is 0 Å². The Labute approximate surface area is 128 Å². The Morgan fingerprint density at radius 2 is 1.74 bits per heavy atom. The van der Waals surface area contributed by atoms with Gasteiger partial charge in [0.15, 0.2) is 0 Å². The Hall–Kier alpha value is -0.630. The molecule has 1 rings (SSSR count). The van der Waals surface area contributed by atoms with E-state index in [1.807, 2.05) is 0 Å². The van der Waals surface area contributed by atoms with Crippen molar-refractivity contribution in [3.63, 3.8) is 0 Å². The van der Waals surface area contributed by atoms with Crippen LogP contribution in [0.25, 0.3) is 0 Å². The number of carbonyl (C=O) groups is 1. The number of ether oxygens (including phenoxy) is 3. The second-order valence-corrected chi connectivity index (χ2v) is 5.24. The summed E-state index contributed by atoms with van der Waals surface area (Å²) in [6.07, 6.45) is 0. The number of rotatable bonds is 8. The highest BCUT2D eigenvalue weighted by molar-refractivity contribution is 9.11. The maximum absolute atomic E-state index is 10.9. The summed E-state index contributed by atoms with van der Waals surface area (Å²) in [4.78, 5) is 10.9. The van der Waals surface area contributed by atoms with E-state index in [-0.39, 0.29) is 5.56 Å². The van der Waals surface area contributed by atoms with Crippen LogP contribution >= 0.6 is 31.9 Å². The van der Waals surface area contributed by atoms with Crippen molar-refractivity contribution in [3.05, 3.63) is 26.6 Å². The molecule has 19 heavy (non-hydrogen) atoms. The lowest BCUT2D eigenvalue weighted by Crippen LogP contribution is -2.10. The van der Waals surface area contributed by atoms with E-state index in [0.717, 1.165) is 0 Å². The van der Waals surface area contributed by atoms with Crippen molar-refractivity contribution in [1.82, 2.24) is 0 Å². The highest BCUT2D eigenvalue weighted by atomic mass is 79.9. The Morgan fingerprint density at radius 1 is 1.16 bits per heavy atom. The van der Waals surface area contributed by atoms with E-state index in [1.54, 1.807) is 7.11 Å². The summed E-state index contributed by atoms with van der Waals surface area (Å²) >= 11 is 6.56. The fourth-order valence-corrected chi connectivity index (χ4v) is 2.68. The lowest BCUT2D eigenvalue weighted by molar-refractivity contribution is 0.0541. The average Bonchev–Trinajstić information content (AvgIpc) is 2.35. The number of hydrogen-bond donors (Lipinski definition) is 1. The normalized spacial score (nSPS) is 10.5. The molecule has 0 unspecified atom stereocenters. The van der Waals surface area contributed by atoms with Gasteiger partial charge in [0.1, 0.15) is 12.4 Å². The van der Waals surface area contributed by atoms with Gasteiger partial charge in [0.2, 0.25) is 0 Å². The van der Waals surface area contributed by atoms with Crippen molar-refractivity contribution in [3.8, 4) is 5.75 Å². The fraction of sp³-hybridized carbons (Fsp3) is 0.417. The smallest absolute Gasteiger partial charge is 0.335 e. The molecular formula is C12H14Br2O5. The SMILES string of the molecule is COCCOCCOc1c(Br)cc(C(=O)O)cc1Br. The maximum Gasteiger partial charge on any atom is 0.335 e. The maximum atomic E-state index is 10.9. The monoisotopic (exact) mass is 396 g/mol. The summed E-state index contributed by atoms with van der Waals surface area (Å²) in [6, 6.07) is 2.99. The quantitative estimate of drug-likeness (QED) is 0.683. The Kier molecular flexibility index (Phi) is 7.37. The van der Waals surface area contributed by atoms with Crippen molar-refractivity contribution in [2.45, 2.75) is 0 Å². The Bertz CT molecular complexity index is 413. The molecule has 5 nitrogen and oxygen atoms in total. The number of aromatic carboxylic acids is 1. The predicted molar refractivity (Wildman–Crippen MR) is 77.0 cm³/mol. The van der Waals surface area contributed by atoms with Gasteiger partial charge >= 0.3 is 5.97 Å². The van der Waals surface area contributed by atoms with Gasteiger partial charge in [0.05, 0.1) is 34.3 Å². The number of carboxylic acids is 1. The second-order valence-electron chi connectivity index (χ2n) is 3.53. The minimum Gasteiger partial charge on any atom is -0.489 e. The van der Waals surface area contributed by atoms with Gasteiger partial charge in [-0.2, -0.15) is 0 Å². The largest absolute Gasteiger partial charge is 0.489 e. The number of halogens is 2. The highest BCUT2D eigenvalue weighted by Crippen LogP contribution is 2.34. The molecule has 0 atom stereocenters. The molecule has 0 radical (unpaired) electrons. The first-order chi connectivity index (χ1) is 9.06. The lowest BCUT2D eigenvalue weighted by Gasteiger charge is -2.11. The lowest BCUT2D eigenvalue weighted by atomic mass is 10.2. The Balaban J connectivity index is 2.52. The molecule has 1 aromatic rings. The van der Waals surface area contributed by atoms with Gasteiger partial charge in [0.25, 0.3) is 0 Å². The molecule has 106 valence electrons. The van der Waals surface area contributed by atoms with E-state index >= 15 is 0 Å². The molecule has 0 heterocycles. The van der Waals surface area contributed by atoms with Gasteiger partial charge in [-0.1, -0.05) is 0 Å². The summed E-state index contributed by atoms with van der Waals surface area (Å²) in [5.41, 5.74) is 0.183. The van der Waals surface area contributed by atoms with E-state index in [1.165, 1.54) is 12.1 Å². The molecule has 1 aromatic carbocycles. The molecule has 0 saturated carbocycles. The van der Waals surface area contributed by atoms with Crippen LogP contribution in [0.3, 0.4) is 0 Å². The van der Waals surface area contributed by atoms with Crippen molar-refractivity contribution >= 4 is 37.8 Å². The number of carboxylic acid groups (broad SMARTS) is 1. The number of hydrogen-bond acceptors (Lipinski definition) is 4. The van der Waals surface area contributed by atoms with Crippen LogP contribution in [0.4, 0.5) is 0 Å². The first kappa shape index (κ1) is 16.4. The summed E-state index contributed by atoms with van der Waals surface area (Å²) in [6.45, 7) is 1.86. The van der Waals surface area contributed by atoms with Gasteiger partial charge in [0, 0.05) is 7.11 Å². The van der Waals surface area contributed by atoms with Crippen LogP contribution in [0.15, 0.2) is 21.1 Å². The zero-order chi connectivity index (χ0) is 14.3. The molecule has 0 aliphatic rings. The zero-order valence-electron chi connectivity index (χ0n) is 10.3. The fourth-order valence-electron chi connectivity index (χ4n) is 1.27. The van der Waals surface area contributed by atoms with Gasteiger partial charge in [-0.05, 0) is 44.0 Å². The first-order valence-electron chi connectivity index (χ1n) is 5.48. The molecule has 0 saturated heterocycles. The number of methoxy groups -OCH3 is 1. The van der Waals surface area contributed by atoms with Crippen LogP contribution in [0.1, 0.15) is 10.4 Å². The minimum absolute atomic E-state index is 0.183. The Morgan fingerprint density at radius 3 is 2.26 bits per heavy atom. The van der Waals surface area contributed by atoms with E-state index in [2.05, 4.69) is 31.9 Å². The van der Waals surface area contributed by atoms with Crippen LogP contribution in [0.2, 0.25) is 0 Å². The van der Waals surface area contributed by atoms with E-state index in [9.17, 15) is 4.79 Å². The molecule has 0 bridgehead atoms. The topological polar surface area (TPSA) is 65.0 Å². The van der Waals surface area contributed by atoms with Crippen LogP contribution in [0, 0.1) is 0 Å². The first-order valence-corrected chi connectivity index (χ1v) is 7.06. The third kappa shape index (κ3) is 5.48. The average molecular weight is 398 g/mol. The van der Waals surface area contributed by atoms with Crippen molar-refractivity contribution in [2.24, 2.45) is 0 Å². The van der Waals surface area contributed by atoms with Gasteiger partial charge < -0.3 is 19.3 Å². The van der Waals surface area contributed by atoms with Crippen molar-refractivity contribution in [2.75, 3.05) is 33.5 Å². The molecule has 0 aromatic heterocycles. The third-order valence-corrected chi connectivity index (χ3v) is 3.33. The third-order valence-electron chi connectivity index (χ3n) is 2.15. The molecular weight excluding hydrogens is 384 g/mol. The summed E-state index contributed by atoms with van der Waals surface area (Å²) in [5, 5.41) is 8.91. The predicted octanol–water partition coefficient (Wildman–Crippen LogP) is 2.95. The van der Waals surface area contributed by atoms with E-state index in [4.69, 9.17) is 19.3 Å². The standard InChI is InChI=1S/C12H14Br2O5/c1-17-2-3-18-4-5-19-11-9(13)6-8(12(15)16)7-10(11)14/h6-7H,2-5H2,1H3,(H,15,16). The summed E-state index contributed by atoms with van der Waals surface area (Å²) in [7, 11) is 1.61. The molecule has 0 spiro atoms. The minimum atomic E-state index is -0.990. The van der Waals surface area contributed by atoms with Gasteiger partial charge in [-0.3, -0.25) is 0 Å². The molecule has 0 amide bonds. The molecule has 0 aliphatic carbocycles. The van der Waals surface area contributed by atoms with Crippen LogP contribution < -0.4 is 4.74 Å². The molecule has 1 N–H and O–H groups in total. The van der Waals surface area contributed by atoms with Gasteiger partial charge in [-0.25, -0.2) is 4.79 Å².